The van der Waals surface area contributed by atoms with E-state index in [4.69, 9.17) is 27.9 Å². The molecule has 1 aromatic rings. The zero-order valence-electron chi connectivity index (χ0n) is 14.3. The average Bonchev–Trinajstić information content (AvgIpc) is 2.50. The summed E-state index contributed by atoms with van der Waals surface area (Å²) in [6, 6.07) is 5.44. The molecule has 0 bridgehead atoms. The van der Waals surface area contributed by atoms with Crippen LogP contribution in [0.3, 0.4) is 0 Å². The fourth-order valence-electron chi connectivity index (χ4n) is 2.82. The molecule has 3 atom stereocenters. The van der Waals surface area contributed by atoms with Crippen LogP contribution >= 0.6 is 23.2 Å². The van der Waals surface area contributed by atoms with Crippen LogP contribution in [-0.4, -0.2) is 48.7 Å². The maximum absolute atomic E-state index is 12.0. The largest absolute Gasteiger partial charge is 0.373 e. The molecule has 4 nitrogen and oxygen atoms in total. The lowest BCUT2D eigenvalue weighted by Gasteiger charge is -2.38. The van der Waals surface area contributed by atoms with Gasteiger partial charge in [0.2, 0.25) is 5.91 Å². The van der Waals surface area contributed by atoms with Crippen molar-refractivity contribution in [2.45, 2.75) is 39.0 Å². The van der Waals surface area contributed by atoms with Gasteiger partial charge in [0, 0.05) is 41.8 Å². The molecule has 1 aliphatic heterocycles. The Hall–Kier alpha value is -1.07. The maximum atomic E-state index is 12.0. The van der Waals surface area contributed by atoms with Gasteiger partial charge in [-0.1, -0.05) is 29.3 Å². The van der Waals surface area contributed by atoms with Gasteiger partial charge in [-0.25, -0.2) is 0 Å². The van der Waals surface area contributed by atoms with Crippen LogP contribution in [0.25, 0.3) is 6.08 Å². The summed E-state index contributed by atoms with van der Waals surface area (Å²) in [5.41, 5.74) is 0.764. The van der Waals surface area contributed by atoms with E-state index in [2.05, 4.69) is 31.0 Å². The first-order valence-corrected chi connectivity index (χ1v) is 8.91. The van der Waals surface area contributed by atoms with E-state index in [1.807, 2.05) is 0 Å². The van der Waals surface area contributed by atoms with Crippen molar-refractivity contribution in [3.8, 4) is 0 Å². The number of benzene rings is 1. The number of nitrogens with zero attached hydrogens (tertiary/aromatic N) is 1. The Morgan fingerprint density at radius 2 is 2.04 bits per heavy atom. The van der Waals surface area contributed by atoms with Gasteiger partial charge in [0.25, 0.3) is 0 Å². The smallest absolute Gasteiger partial charge is 0.244 e. The Kier molecular flexibility index (Phi) is 7.11. The molecule has 1 saturated heterocycles. The molecule has 132 valence electrons. The number of carbonyl (C=O) groups excluding carboxylic acids is 1. The van der Waals surface area contributed by atoms with E-state index in [1.165, 1.54) is 6.08 Å². The highest BCUT2D eigenvalue weighted by molar-refractivity contribution is 6.35. The third-order valence-electron chi connectivity index (χ3n) is 4.02. The van der Waals surface area contributed by atoms with Crippen molar-refractivity contribution in [1.82, 2.24) is 10.2 Å². The van der Waals surface area contributed by atoms with Crippen molar-refractivity contribution >= 4 is 35.2 Å². The summed E-state index contributed by atoms with van der Waals surface area (Å²) in [6.07, 6.45) is 3.63. The quantitative estimate of drug-likeness (QED) is 0.804. The standard InChI is InChI=1S/C18H24Cl2N2O2/c1-12(22-10-13(2)24-14(3)11-22)9-21-18(23)7-5-15-4-6-16(19)8-17(15)20/h4-8,12-14H,9-11H2,1-3H3,(H,21,23)/b7-5+/t12-,13-,14+/m1/s1. The van der Waals surface area contributed by atoms with Crippen LogP contribution in [0, 0.1) is 0 Å². The number of halogens is 2. The van der Waals surface area contributed by atoms with Crippen molar-refractivity contribution in [2.75, 3.05) is 19.6 Å². The highest BCUT2D eigenvalue weighted by Gasteiger charge is 2.25. The van der Waals surface area contributed by atoms with Gasteiger partial charge in [-0.15, -0.1) is 0 Å². The van der Waals surface area contributed by atoms with Crippen LogP contribution < -0.4 is 5.32 Å². The van der Waals surface area contributed by atoms with E-state index in [0.717, 1.165) is 18.7 Å². The third kappa shape index (κ3) is 5.78. The van der Waals surface area contributed by atoms with Crippen molar-refractivity contribution in [3.63, 3.8) is 0 Å². The summed E-state index contributed by atoms with van der Waals surface area (Å²) in [7, 11) is 0. The monoisotopic (exact) mass is 370 g/mol. The second-order valence-electron chi connectivity index (χ2n) is 6.30. The summed E-state index contributed by atoms with van der Waals surface area (Å²) >= 11 is 11.9. The Balaban J connectivity index is 1.83. The molecular formula is C18H24Cl2N2O2. The molecule has 1 N–H and O–H groups in total. The highest BCUT2D eigenvalue weighted by Crippen LogP contribution is 2.21. The number of hydrogen-bond donors (Lipinski definition) is 1. The molecule has 0 saturated carbocycles. The Bertz CT molecular complexity index is 597. The number of ether oxygens (including phenoxy) is 1. The zero-order valence-corrected chi connectivity index (χ0v) is 15.8. The lowest BCUT2D eigenvalue weighted by Crippen LogP contribution is -2.52. The Morgan fingerprint density at radius 1 is 1.38 bits per heavy atom. The van der Waals surface area contributed by atoms with Gasteiger partial charge in [-0.3, -0.25) is 9.69 Å². The molecule has 1 amide bonds. The first-order valence-electron chi connectivity index (χ1n) is 8.15. The van der Waals surface area contributed by atoms with Gasteiger partial charge in [-0.05, 0) is 44.5 Å². The van der Waals surface area contributed by atoms with E-state index in [9.17, 15) is 4.79 Å². The lowest BCUT2D eigenvalue weighted by molar-refractivity contribution is -0.117. The predicted octanol–water partition coefficient (Wildman–Crippen LogP) is 3.62. The molecule has 0 aliphatic carbocycles. The maximum Gasteiger partial charge on any atom is 0.244 e. The third-order valence-corrected chi connectivity index (χ3v) is 4.58. The number of rotatable bonds is 5. The van der Waals surface area contributed by atoms with Gasteiger partial charge in [0.15, 0.2) is 0 Å². The number of morpholine rings is 1. The second-order valence-corrected chi connectivity index (χ2v) is 7.15. The van der Waals surface area contributed by atoms with E-state index in [1.54, 1.807) is 24.3 Å². The van der Waals surface area contributed by atoms with Gasteiger partial charge >= 0.3 is 0 Å². The molecule has 0 radical (unpaired) electrons. The Morgan fingerprint density at radius 3 is 2.67 bits per heavy atom. The Labute approximate surface area is 153 Å². The SMILES string of the molecule is C[C@@H]1CN([C@H](C)CNC(=O)/C=C/c2ccc(Cl)cc2Cl)C[C@H](C)O1. The van der Waals surface area contributed by atoms with Crippen molar-refractivity contribution < 1.29 is 9.53 Å². The first-order chi connectivity index (χ1) is 11.3. The van der Waals surface area contributed by atoms with Crippen molar-refractivity contribution in [2.24, 2.45) is 0 Å². The molecule has 0 unspecified atom stereocenters. The minimum Gasteiger partial charge on any atom is -0.373 e. The molecule has 6 heteroatoms. The summed E-state index contributed by atoms with van der Waals surface area (Å²) in [5.74, 6) is -0.137. The predicted molar refractivity (Wildman–Crippen MR) is 99.5 cm³/mol. The highest BCUT2D eigenvalue weighted by atomic mass is 35.5. The van der Waals surface area contributed by atoms with Crippen LogP contribution in [0.2, 0.25) is 10.0 Å². The molecule has 1 fully saturated rings. The topological polar surface area (TPSA) is 41.6 Å². The van der Waals surface area contributed by atoms with Crippen molar-refractivity contribution in [3.05, 3.63) is 39.9 Å². The van der Waals surface area contributed by atoms with Crippen LogP contribution in [0.4, 0.5) is 0 Å². The number of hydrogen-bond acceptors (Lipinski definition) is 3. The van der Waals surface area contributed by atoms with Gasteiger partial charge < -0.3 is 10.1 Å². The number of nitrogens with one attached hydrogen (secondary N) is 1. The molecular weight excluding hydrogens is 347 g/mol. The molecule has 0 spiro atoms. The summed E-state index contributed by atoms with van der Waals surface area (Å²) in [6.45, 7) is 8.64. The summed E-state index contributed by atoms with van der Waals surface area (Å²) < 4.78 is 5.74. The van der Waals surface area contributed by atoms with Crippen LogP contribution in [0.1, 0.15) is 26.3 Å². The lowest BCUT2D eigenvalue weighted by atomic mass is 10.1. The fourth-order valence-corrected chi connectivity index (χ4v) is 3.29. The minimum absolute atomic E-state index is 0.137. The van der Waals surface area contributed by atoms with E-state index < -0.39 is 0 Å². The fraction of sp³-hybridized carbons (Fsp3) is 0.500. The van der Waals surface area contributed by atoms with E-state index >= 15 is 0 Å². The summed E-state index contributed by atoms with van der Waals surface area (Å²) in [4.78, 5) is 14.3. The second kappa shape index (κ2) is 8.86. The van der Waals surface area contributed by atoms with Crippen LogP contribution in [0.15, 0.2) is 24.3 Å². The minimum atomic E-state index is -0.137. The summed E-state index contributed by atoms with van der Waals surface area (Å²) in [5, 5.41) is 4.03. The number of carbonyl (C=O) groups is 1. The molecule has 24 heavy (non-hydrogen) atoms. The van der Waals surface area contributed by atoms with Crippen LogP contribution in [-0.2, 0) is 9.53 Å². The van der Waals surface area contributed by atoms with Gasteiger partial charge in [-0.2, -0.15) is 0 Å². The molecule has 1 heterocycles. The average molecular weight is 371 g/mol. The van der Waals surface area contributed by atoms with Gasteiger partial charge in [0.05, 0.1) is 12.2 Å². The molecule has 1 aliphatic rings. The van der Waals surface area contributed by atoms with Gasteiger partial charge in [0.1, 0.15) is 0 Å². The molecule has 0 aromatic heterocycles. The molecule has 1 aromatic carbocycles. The normalized spacial score (nSPS) is 23.4. The van der Waals surface area contributed by atoms with E-state index in [0.29, 0.717) is 16.6 Å². The molecule has 2 rings (SSSR count). The zero-order chi connectivity index (χ0) is 17.7. The van der Waals surface area contributed by atoms with Crippen molar-refractivity contribution in [1.29, 1.82) is 0 Å². The van der Waals surface area contributed by atoms with Crippen LogP contribution in [0.5, 0.6) is 0 Å². The number of amides is 1. The van der Waals surface area contributed by atoms with E-state index in [-0.39, 0.29) is 24.2 Å². The first kappa shape index (κ1) is 19.3.